The Morgan fingerprint density at radius 1 is 0.800 bits per heavy atom. The molecule has 0 aliphatic carbocycles. The number of hydrogen-bond donors (Lipinski definition) is 1. The maximum atomic E-state index is 13.5. The molecule has 180 valence electrons. The van der Waals surface area contributed by atoms with Gasteiger partial charge in [-0.1, -0.05) is 54.6 Å². The molecule has 7 nitrogen and oxygen atoms in total. The molecule has 0 bridgehead atoms. The molecule has 0 radical (unpaired) electrons. The first-order valence-electron chi connectivity index (χ1n) is 12.0. The van der Waals surface area contributed by atoms with E-state index in [4.69, 9.17) is 9.47 Å². The Morgan fingerprint density at radius 3 is 2.23 bits per heavy atom. The summed E-state index contributed by atoms with van der Waals surface area (Å²) in [7, 11) is 0. The van der Waals surface area contributed by atoms with E-state index in [-0.39, 0.29) is 18.6 Å². The molecule has 7 heteroatoms. The van der Waals surface area contributed by atoms with Crippen LogP contribution in [0.5, 0.6) is 11.5 Å². The van der Waals surface area contributed by atoms with Crippen LogP contribution in [-0.4, -0.2) is 60.6 Å². The lowest BCUT2D eigenvalue weighted by molar-refractivity contribution is -0.135. The standard InChI is InChI=1S/C28H29N3O4/c32-27(23-9-5-2-6-10-23)29-24(17-21-7-3-1-4-8-21)28(33)31-15-13-30(14-16-31)19-22-11-12-25-26(18-22)35-20-34-25/h1-12,18,24H,13-17,19-20H2,(H,29,32). The molecule has 1 atom stereocenters. The number of amides is 2. The van der Waals surface area contributed by atoms with E-state index >= 15 is 0 Å². The van der Waals surface area contributed by atoms with Crippen LogP contribution < -0.4 is 14.8 Å². The van der Waals surface area contributed by atoms with Gasteiger partial charge in [0.2, 0.25) is 12.7 Å². The highest BCUT2D eigenvalue weighted by atomic mass is 16.7. The molecule has 0 spiro atoms. The van der Waals surface area contributed by atoms with Crippen molar-refractivity contribution in [2.24, 2.45) is 0 Å². The van der Waals surface area contributed by atoms with Crippen LogP contribution in [0.4, 0.5) is 0 Å². The molecule has 2 heterocycles. The SMILES string of the molecule is O=C(NC(Cc1ccccc1)C(=O)N1CCN(Cc2ccc3c(c2)OCO3)CC1)c1ccccc1. The number of piperazine rings is 1. The third-order valence-electron chi connectivity index (χ3n) is 6.45. The number of hydrogen-bond acceptors (Lipinski definition) is 5. The first-order chi connectivity index (χ1) is 17.2. The summed E-state index contributed by atoms with van der Waals surface area (Å²) in [6, 6.07) is 24.2. The van der Waals surface area contributed by atoms with Crippen LogP contribution in [0.25, 0.3) is 0 Å². The van der Waals surface area contributed by atoms with Crippen LogP contribution in [0.15, 0.2) is 78.9 Å². The Kier molecular flexibility index (Phi) is 6.95. The third-order valence-corrected chi connectivity index (χ3v) is 6.45. The summed E-state index contributed by atoms with van der Waals surface area (Å²) in [6.45, 7) is 3.84. The van der Waals surface area contributed by atoms with E-state index < -0.39 is 6.04 Å². The van der Waals surface area contributed by atoms with E-state index in [1.165, 1.54) is 0 Å². The second-order valence-corrected chi connectivity index (χ2v) is 8.87. The highest BCUT2D eigenvalue weighted by Gasteiger charge is 2.29. The van der Waals surface area contributed by atoms with Crippen molar-refractivity contribution in [2.75, 3.05) is 33.0 Å². The fourth-order valence-electron chi connectivity index (χ4n) is 4.53. The summed E-state index contributed by atoms with van der Waals surface area (Å²) in [5.74, 6) is 1.29. The molecular formula is C28H29N3O4. The van der Waals surface area contributed by atoms with Crippen LogP contribution in [0, 0.1) is 0 Å². The van der Waals surface area contributed by atoms with Gasteiger partial charge in [0.05, 0.1) is 0 Å². The van der Waals surface area contributed by atoms with Gasteiger partial charge in [0, 0.05) is 44.7 Å². The lowest BCUT2D eigenvalue weighted by Gasteiger charge is -2.36. The summed E-state index contributed by atoms with van der Waals surface area (Å²) < 4.78 is 10.9. The van der Waals surface area contributed by atoms with Crippen LogP contribution in [0.2, 0.25) is 0 Å². The first kappa shape index (κ1) is 22.9. The Labute approximate surface area is 205 Å². The fraction of sp³-hybridized carbons (Fsp3) is 0.286. The number of rotatable bonds is 7. The van der Waals surface area contributed by atoms with E-state index in [0.717, 1.165) is 42.3 Å². The maximum Gasteiger partial charge on any atom is 0.251 e. The van der Waals surface area contributed by atoms with Crippen LogP contribution in [0.3, 0.4) is 0 Å². The summed E-state index contributed by atoms with van der Waals surface area (Å²) in [5.41, 5.74) is 2.72. The van der Waals surface area contributed by atoms with Gasteiger partial charge in [0.15, 0.2) is 11.5 Å². The van der Waals surface area contributed by atoms with Crippen LogP contribution in [0.1, 0.15) is 21.5 Å². The van der Waals surface area contributed by atoms with Gasteiger partial charge in [-0.3, -0.25) is 14.5 Å². The molecule has 0 aromatic heterocycles. The summed E-state index contributed by atoms with van der Waals surface area (Å²) in [4.78, 5) is 30.6. The maximum absolute atomic E-state index is 13.5. The molecule has 5 rings (SSSR count). The number of carbonyl (C=O) groups excluding carboxylic acids is 2. The second-order valence-electron chi connectivity index (χ2n) is 8.87. The Balaban J connectivity index is 1.22. The highest BCUT2D eigenvalue weighted by Crippen LogP contribution is 2.32. The number of benzene rings is 3. The van der Waals surface area contributed by atoms with Crippen molar-refractivity contribution in [1.29, 1.82) is 0 Å². The molecule has 3 aromatic carbocycles. The van der Waals surface area contributed by atoms with E-state index in [2.05, 4.69) is 16.3 Å². The first-order valence-corrected chi connectivity index (χ1v) is 12.0. The summed E-state index contributed by atoms with van der Waals surface area (Å²) in [6.07, 6.45) is 0.454. The Morgan fingerprint density at radius 2 is 1.49 bits per heavy atom. The highest BCUT2D eigenvalue weighted by molar-refractivity contribution is 5.97. The van der Waals surface area contributed by atoms with Crippen molar-refractivity contribution in [3.05, 3.63) is 95.6 Å². The average molecular weight is 472 g/mol. The molecule has 1 unspecified atom stereocenters. The molecular weight excluding hydrogens is 442 g/mol. The molecule has 1 saturated heterocycles. The van der Waals surface area contributed by atoms with Crippen molar-refractivity contribution in [3.8, 4) is 11.5 Å². The van der Waals surface area contributed by atoms with E-state index in [9.17, 15) is 9.59 Å². The molecule has 2 aliphatic rings. The summed E-state index contributed by atoms with van der Waals surface area (Å²) >= 11 is 0. The predicted molar refractivity (Wildman–Crippen MR) is 132 cm³/mol. The fourth-order valence-corrected chi connectivity index (χ4v) is 4.53. The zero-order valence-corrected chi connectivity index (χ0v) is 19.6. The average Bonchev–Trinajstić information content (AvgIpc) is 3.37. The van der Waals surface area contributed by atoms with Crippen molar-refractivity contribution < 1.29 is 19.1 Å². The van der Waals surface area contributed by atoms with Crippen molar-refractivity contribution >= 4 is 11.8 Å². The van der Waals surface area contributed by atoms with Crippen molar-refractivity contribution in [3.63, 3.8) is 0 Å². The van der Waals surface area contributed by atoms with Crippen LogP contribution >= 0.6 is 0 Å². The minimum Gasteiger partial charge on any atom is -0.454 e. The van der Waals surface area contributed by atoms with E-state index in [0.29, 0.717) is 25.1 Å². The number of ether oxygens (including phenoxy) is 2. The van der Waals surface area contributed by atoms with Gasteiger partial charge in [0.1, 0.15) is 6.04 Å². The molecule has 35 heavy (non-hydrogen) atoms. The molecule has 3 aromatic rings. The number of nitrogens with one attached hydrogen (secondary N) is 1. The smallest absolute Gasteiger partial charge is 0.251 e. The minimum atomic E-state index is -0.620. The molecule has 1 fully saturated rings. The van der Waals surface area contributed by atoms with Gasteiger partial charge in [0.25, 0.3) is 5.91 Å². The van der Waals surface area contributed by atoms with Crippen molar-refractivity contribution in [2.45, 2.75) is 19.0 Å². The lowest BCUT2D eigenvalue weighted by Crippen LogP contribution is -2.55. The predicted octanol–water partition coefficient (Wildman–Crippen LogP) is 3.10. The van der Waals surface area contributed by atoms with E-state index in [1.807, 2.05) is 65.6 Å². The number of fused-ring (bicyclic) bond motifs is 1. The van der Waals surface area contributed by atoms with Gasteiger partial charge < -0.3 is 19.7 Å². The minimum absolute atomic E-state index is 0.0409. The largest absolute Gasteiger partial charge is 0.454 e. The zero-order chi connectivity index (χ0) is 24.0. The second kappa shape index (κ2) is 10.6. The normalized spacial score (nSPS) is 16.1. The topological polar surface area (TPSA) is 71.1 Å². The van der Waals surface area contributed by atoms with Gasteiger partial charge in [-0.2, -0.15) is 0 Å². The lowest BCUT2D eigenvalue weighted by atomic mass is 10.0. The van der Waals surface area contributed by atoms with Gasteiger partial charge in [-0.15, -0.1) is 0 Å². The van der Waals surface area contributed by atoms with Crippen LogP contribution in [-0.2, 0) is 17.8 Å². The van der Waals surface area contributed by atoms with Gasteiger partial charge in [-0.25, -0.2) is 0 Å². The molecule has 2 amide bonds. The number of carbonyl (C=O) groups is 2. The Bertz CT molecular complexity index is 1160. The third kappa shape index (κ3) is 5.63. The zero-order valence-electron chi connectivity index (χ0n) is 19.6. The number of nitrogens with zero attached hydrogens (tertiary/aromatic N) is 2. The quantitative estimate of drug-likeness (QED) is 0.574. The van der Waals surface area contributed by atoms with E-state index in [1.54, 1.807) is 12.1 Å². The van der Waals surface area contributed by atoms with Gasteiger partial charge in [-0.05, 0) is 35.4 Å². The van der Waals surface area contributed by atoms with Crippen molar-refractivity contribution in [1.82, 2.24) is 15.1 Å². The molecule has 1 N–H and O–H groups in total. The molecule has 0 saturated carbocycles. The molecule has 2 aliphatic heterocycles. The summed E-state index contributed by atoms with van der Waals surface area (Å²) in [5, 5.41) is 2.98. The Hall–Kier alpha value is -3.84. The monoisotopic (exact) mass is 471 g/mol. The van der Waals surface area contributed by atoms with Gasteiger partial charge >= 0.3 is 0 Å².